The summed E-state index contributed by atoms with van der Waals surface area (Å²) in [6.45, 7) is 9.94. The summed E-state index contributed by atoms with van der Waals surface area (Å²) < 4.78 is 11.1. The third-order valence-corrected chi connectivity index (χ3v) is 3.74. The molecular weight excluding hydrogens is 230 g/mol. The predicted octanol–water partition coefficient (Wildman–Crippen LogP) is 1.66. The Kier molecular flexibility index (Phi) is 6.57. The van der Waals surface area contributed by atoms with Crippen LogP contribution in [0.4, 0.5) is 0 Å². The number of hydrogen-bond acceptors (Lipinski definition) is 4. The van der Waals surface area contributed by atoms with Gasteiger partial charge in [0.1, 0.15) is 0 Å². The van der Waals surface area contributed by atoms with E-state index in [-0.39, 0.29) is 17.8 Å². The van der Waals surface area contributed by atoms with Gasteiger partial charge in [-0.15, -0.1) is 0 Å². The molecule has 0 spiro atoms. The van der Waals surface area contributed by atoms with Gasteiger partial charge in [-0.2, -0.15) is 0 Å². The molecule has 1 rings (SSSR count). The van der Waals surface area contributed by atoms with E-state index in [0.717, 1.165) is 45.5 Å². The summed E-state index contributed by atoms with van der Waals surface area (Å²) in [6.07, 6.45) is 2.29. The molecule has 4 nitrogen and oxygen atoms in total. The highest BCUT2D eigenvalue weighted by Crippen LogP contribution is 2.20. The first-order valence-electron chi connectivity index (χ1n) is 7.05. The number of hydrogen-bond donors (Lipinski definition) is 1. The molecule has 1 fully saturated rings. The molecule has 1 aliphatic heterocycles. The largest absolute Gasteiger partial charge is 0.390 e. The van der Waals surface area contributed by atoms with E-state index >= 15 is 0 Å². The fraction of sp³-hybridized carbons (Fsp3) is 1.00. The van der Waals surface area contributed by atoms with E-state index in [1.165, 1.54) is 0 Å². The fourth-order valence-corrected chi connectivity index (χ4v) is 2.27. The lowest BCUT2D eigenvalue weighted by Gasteiger charge is -2.35. The van der Waals surface area contributed by atoms with E-state index in [4.69, 9.17) is 9.47 Å². The SMILES string of the molecule is CCCN1CCOC(C(O)CCC(C)(C)OC)C1. The third kappa shape index (κ3) is 5.22. The lowest BCUT2D eigenvalue weighted by molar-refractivity contribution is -0.0964. The Morgan fingerprint density at radius 2 is 2.22 bits per heavy atom. The van der Waals surface area contributed by atoms with Crippen molar-refractivity contribution in [1.82, 2.24) is 4.90 Å². The van der Waals surface area contributed by atoms with Gasteiger partial charge in [0.25, 0.3) is 0 Å². The van der Waals surface area contributed by atoms with Crippen molar-refractivity contribution < 1.29 is 14.6 Å². The molecule has 2 atom stereocenters. The maximum absolute atomic E-state index is 10.2. The van der Waals surface area contributed by atoms with Crippen LogP contribution in [0.1, 0.15) is 40.0 Å². The lowest BCUT2D eigenvalue weighted by Crippen LogP contribution is -2.48. The Morgan fingerprint density at radius 1 is 1.50 bits per heavy atom. The Hall–Kier alpha value is -0.160. The molecule has 18 heavy (non-hydrogen) atoms. The van der Waals surface area contributed by atoms with Crippen molar-refractivity contribution in [3.05, 3.63) is 0 Å². The number of nitrogens with zero attached hydrogens (tertiary/aromatic N) is 1. The molecule has 0 radical (unpaired) electrons. The van der Waals surface area contributed by atoms with Crippen molar-refractivity contribution in [3.8, 4) is 0 Å². The highest BCUT2D eigenvalue weighted by Gasteiger charge is 2.28. The summed E-state index contributed by atoms with van der Waals surface area (Å²) >= 11 is 0. The Labute approximate surface area is 111 Å². The molecule has 0 aromatic carbocycles. The zero-order valence-corrected chi connectivity index (χ0v) is 12.3. The minimum absolute atomic E-state index is 0.0436. The predicted molar refractivity (Wildman–Crippen MR) is 72.8 cm³/mol. The van der Waals surface area contributed by atoms with Crippen molar-refractivity contribution in [2.75, 3.05) is 33.4 Å². The van der Waals surface area contributed by atoms with Crippen LogP contribution in [0, 0.1) is 0 Å². The average molecular weight is 259 g/mol. The van der Waals surface area contributed by atoms with Crippen LogP contribution in [0.15, 0.2) is 0 Å². The van der Waals surface area contributed by atoms with Crippen LogP contribution in [-0.4, -0.2) is 61.2 Å². The standard InChI is InChI=1S/C14H29NO3/c1-5-8-15-9-10-18-13(11-15)12(16)6-7-14(2,3)17-4/h12-13,16H,5-11H2,1-4H3. The summed E-state index contributed by atoms with van der Waals surface area (Å²) in [5.41, 5.74) is -0.168. The van der Waals surface area contributed by atoms with Gasteiger partial charge in [-0.3, -0.25) is 4.90 Å². The molecule has 108 valence electrons. The molecule has 0 amide bonds. The monoisotopic (exact) mass is 259 g/mol. The number of methoxy groups -OCH3 is 1. The van der Waals surface area contributed by atoms with Crippen molar-refractivity contribution in [2.24, 2.45) is 0 Å². The second-order valence-electron chi connectivity index (χ2n) is 5.78. The normalized spacial score (nSPS) is 24.2. The zero-order valence-electron chi connectivity index (χ0n) is 12.3. The molecule has 0 saturated carbocycles. The lowest BCUT2D eigenvalue weighted by atomic mass is 9.97. The number of aliphatic hydroxyl groups excluding tert-OH is 1. The quantitative estimate of drug-likeness (QED) is 0.755. The van der Waals surface area contributed by atoms with Gasteiger partial charge in [-0.05, 0) is 39.7 Å². The van der Waals surface area contributed by atoms with Gasteiger partial charge in [-0.25, -0.2) is 0 Å². The van der Waals surface area contributed by atoms with Gasteiger partial charge < -0.3 is 14.6 Å². The van der Waals surface area contributed by atoms with Crippen LogP contribution in [0.25, 0.3) is 0 Å². The summed E-state index contributed by atoms with van der Waals surface area (Å²) in [5.74, 6) is 0. The van der Waals surface area contributed by atoms with E-state index in [0.29, 0.717) is 0 Å². The maximum atomic E-state index is 10.2. The molecule has 1 N–H and O–H groups in total. The molecule has 0 aromatic heterocycles. The molecule has 0 aromatic rings. The minimum Gasteiger partial charge on any atom is -0.390 e. The van der Waals surface area contributed by atoms with Crippen LogP contribution >= 0.6 is 0 Å². The van der Waals surface area contributed by atoms with E-state index in [1.54, 1.807) is 7.11 Å². The summed E-state index contributed by atoms with van der Waals surface area (Å²) in [7, 11) is 1.71. The topological polar surface area (TPSA) is 41.9 Å². The zero-order chi connectivity index (χ0) is 13.6. The van der Waals surface area contributed by atoms with Crippen LogP contribution < -0.4 is 0 Å². The minimum atomic E-state index is -0.390. The van der Waals surface area contributed by atoms with Crippen molar-refractivity contribution >= 4 is 0 Å². The molecule has 1 heterocycles. The number of rotatable bonds is 7. The van der Waals surface area contributed by atoms with Gasteiger partial charge in [0.05, 0.1) is 24.4 Å². The van der Waals surface area contributed by atoms with Gasteiger partial charge in [0, 0.05) is 20.2 Å². The van der Waals surface area contributed by atoms with E-state index in [9.17, 15) is 5.11 Å². The first-order chi connectivity index (χ1) is 8.48. The smallest absolute Gasteiger partial charge is 0.0961 e. The highest BCUT2D eigenvalue weighted by molar-refractivity contribution is 4.80. The second-order valence-corrected chi connectivity index (χ2v) is 5.78. The average Bonchev–Trinajstić information content (AvgIpc) is 2.37. The number of ether oxygens (including phenoxy) is 2. The fourth-order valence-electron chi connectivity index (χ4n) is 2.27. The van der Waals surface area contributed by atoms with Crippen LogP contribution in [0.5, 0.6) is 0 Å². The molecule has 0 bridgehead atoms. The van der Waals surface area contributed by atoms with E-state index in [1.807, 2.05) is 13.8 Å². The van der Waals surface area contributed by atoms with Gasteiger partial charge in [0.15, 0.2) is 0 Å². The van der Waals surface area contributed by atoms with Crippen LogP contribution in [0.3, 0.4) is 0 Å². The Balaban J connectivity index is 2.34. The molecular formula is C14H29NO3. The first kappa shape index (κ1) is 15.9. The van der Waals surface area contributed by atoms with Crippen molar-refractivity contribution in [3.63, 3.8) is 0 Å². The van der Waals surface area contributed by atoms with Gasteiger partial charge in [-0.1, -0.05) is 6.92 Å². The Morgan fingerprint density at radius 3 is 2.83 bits per heavy atom. The number of aliphatic hydroxyl groups is 1. The van der Waals surface area contributed by atoms with Gasteiger partial charge >= 0.3 is 0 Å². The second kappa shape index (κ2) is 7.43. The summed E-state index contributed by atoms with van der Waals surface area (Å²) in [6, 6.07) is 0. The van der Waals surface area contributed by atoms with Crippen LogP contribution in [0.2, 0.25) is 0 Å². The summed E-state index contributed by atoms with van der Waals surface area (Å²) in [4.78, 5) is 2.37. The van der Waals surface area contributed by atoms with Crippen molar-refractivity contribution in [1.29, 1.82) is 0 Å². The molecule has 4 heteroatoms. The van der Waals surface area contributed by atoms with Crippen LogP contribution in [-0.2, 0) is 9.47 Å². The molecule has 0 aliphatic carbocycles. The van der Waals surface area contributed by atoms with E-state index < -0.39 is 0 Å². The first-order valence-corrected chi connectivity index (χ1v) is 7.05. The maximum Gasteiger partial charge on any atom is 0.0961 e. The van der Waals surface area contributed by atoms with Crippen molar-refractivity contribution in [2.45, 2.75) is 57.8 Å². The molecule has 2 unspecified atom stereocenters. The number of morpholine rings is 1. The highest BCUT2D eigenvalue weighted by atomic mass is 16.5. The summed E-state index contributed by atoms with van der Waals surface area (Å²) in [5, 5.41) is 10.2. The third-order valence-electron chi connectivity index (χ3n) is 3.74. The van der Waals surface area contributed by atoms with Gasteiger partial charge in [0.2, 0.25) is 0 Å². The molecule has 1 saturated heterocycles. The molecule has 1 aliphatic rings. The van der Waals surface area contributed by atoms with E-state index in [2.05, 4.69) is 11.8 Å². The Bertz CT molecular complexity index is 231.